The first-order chi connectivity index (χ1) is 13.1. The average molecular weight is 426 g/mol. The number of nitro groups is 1. The van der Waals surface area contributed by atoms with Crippen LogP contribution in [0.3, 0.4) is 0 Å². The Labute approximate surface area is 169 Å². The lowest BCUT2D eigenvalue weighted by Crippen LogP contribution is -2.48. The third kappa shape index (κ3) is 4.85. The van der Waals surface area contributed by atoms with Crippen molar-refractivity contribution in [3.8, 4) is 0 Å². The summed E-state index contributed by atoms with van der Waals surface area (Å²) in [6.45, 7) is 6.05. The molecule has 1 fully saturated rings. The molecule has 2 aromatic rings. The van der Waals surface area contributed by atoms with Gasteiger partial charge in [-0.2, -0.15) is 0 Å². The molecule has 0 spiro atoms. The Hall–Kier alpha value is -2.07. The molecule has 0 N–H and O–H groups in total. The second-order valence-corrected chi connectivity index (χ2v) is 10.4. The van der Waals surface area contributed by atoms with Crippen LogP contribution in [0.15, 0.2) is 22.5 Å². The van der Waals surface area contributed by atoms with Crippen LogP contribution in [-0.2, 0) is 15.5 Å². The Balaban J connectivity index is 1.75. The zero-order valence-electron chi connectivity index (χ0n) is 16.0. The number of rotatable bonds is 4. The first-order valence-corrected chi connectivity index (χ1v) is 11.2. The van der Waals surface area contributed by atoms with Crippen molar-refractivity contribution in [1.29, 1.82) is 0 Å². The van der Waals surface area contributed by atoms with Crippen LogP contribution in [-0.4, -0.2) is 49.0 Å². The summed E-state index contributed by atoms with van der Waals surface area (Å²) in [6.07, 6.45) is 2.25. The molecule has 0 unspecified atom stereocenters. The summed E-state index contributed by atoms with van der Waals surface area (Å²) >= 11 is 1.27. The maximum absolute atomic E-state index is 12.9. The van der Waals surface area contributed by atoms with Gasteiger partial charge in [0.05, 0.1) is 31.7 Å². The van der Waals surface area contributed by atoms with E-state index in [1.54, 1.807) is 11.0 Å². The number of hydrogen-bond donors (Lipinski definition) is 0. The number of nitrogens with zero attached hydrogens (tertiary/aromatic N) is 3. The lowest BCUT2D eigenvalue weighted by Gasteiger charge is -2.36. The van der Waals surface area contributed by atoms with Crippen LogP contribution in [0.5, 0.6) is 0 Å². The normalized spacial score (nSPS) is 18.8. The topological polar surface area (TPSA) is 103 Å². The van der Waals surface area contributed by atoms with E-state index >= 15 is 0 Å². The molecule has 28 heavy (non-hydrogen) atoms. The standard InChI is InChI=1S/C18H23N3O5S2/c1-18(2,3)26-17(22)20-9-5-4-6-13(20)11-28(25)16-19-14-10-12(21(23)24)7-8-15(14)27-16/h7-8,10,13H,4-6,9,11H2,1-3H3/t13-,28+/m1/s1. The Morgan fingerprint density at radius 2 is 2.18 bits per heavy atom. The molecule has 1 amide bonds. The molecule has 8 nitrogen and oxygen atoms in total. The fraction of sp³-hybridized carbons (Fsp3) is 0.556. The highest BCUT2D eigenvalue weighted by Crippen LogP contribution is 2.29. The predicted molar refractivity (Wildman–Crippen MR) is 108 cm³/mol. The average Bonchev–Trinajstić information content (AvgIpc) is 3.04. The number of benzene rings is 1. The number of likely N-dealkylation sites (tertiary alicyclic amines) is 1. The van der Waals surface area contributed by atoms with E-state index in [0.29, 0.717) is 16.4 Å². The molecule has 1 aliphatic heterocycles. The summed E-state index contributed by atoms with van der Waals surface area (Å²) in [4.78, 5) is 29.0. The van der Waals surface area contributed by atoms with Crippen molar-refractivity contribution in [2.24, 2.45) is 0 Å². The summed E-state index contributed by atoms with van der Waals surface area (Å²) < 4.78 is 19.6. The molecule has 1 aliphatic rings. The number of thiazole rings is 1. The van der Waals surface area contributed by atoms with Gasteiger partial charge in [0.15, 0.2) is 4.34 Å². The number of aromatic nitrogens is 1. The third-order valence-corrected chi connectivity index (χ3v) is 7.16. The van der Waals surface area contributed by atoms with Crippen LogP contribution in [0.25, 0.3) is 10.2 Å². The van der Waals surface area contributed by atoms with Gasteiger partial charge in [0.1, 0.15) is 5.60 Å². The predicted octanol–water partition coefficient (Wildman–Crippen LogP) is 4.10. The number of non-ortho nitro benzene ring substituents is 1. The van der Waals surface area contributed by atoms with Gasteiger partial charge in [0.25, 0.3) is 5.69 Å². The van der Waals surface area contributed by atoms with Crippen molar-refractivity contribution in [2.45, 2.75) is 56.0 Å². The lowest BCUT2D eigenvalue weighted by atomic mass is 10.0. The van der Waals surface area contributed by atoms with Gasteiger partial charge < -0.3 is 9.64 Å². The SMILES string of the molecule is CC(C)(C)OC(=O)N1CCCC[C@@H]1C[S@](=O)c1nc2cc([N+](=O)[O-])ccc2s1. The van der Waals surface area contributed by atoms with E-state index < -0.39 is 21.3 Å². The van der Waals surface area contributed by atoms with Gasteiger partial charge in [-0.05, 0) is 46.1 Å². The summed E-state index contributed by atoms with van der Waals surface area (Å²) in [5.74, 6) is 0.279. The van der Waals surface area contributed by atoms with E-state index in [4.69, 9.17) is 4.74 Å². The third-order valence-electron chi connectivity index (χ3n) is 4.36. The van der Waals surface area contributed by atoms with E-state index in [2.05, 4.69) is 4.98 Å². The molecule has 152 valence electrons. The van der Waals surface area contributed by atoms with Crippen molar-refractivity contribution in [2.75, 3.05) is 12.3 Å². The summed E-state index contributed by atoms with van der Waals surface area (Å²) in [6, 6.07) is 4.25. The summed E-state index contributed by atoms with van der Waals surface area (Å²) in [5.41, 5.74) is -0.159. The minimum Gasteiger partial charge on any atom is -0.444 e. The second kappa shape index (κ2) is 8.12. The van der Waals surface area contributed by atoms with Gasteiger partial charge in [0, 0.05) is 24.7 Å². The highest BCUT2D eigenvalue weighted by Gasteiger charge is 2.32. The van der Waals surface area contributed by atoms with Gasteiger partial charge >= 0.3 is 6.09 Å². The number of piperidine rings is 1. The van der Waals surface area contributed by atoms with Gasteiger partial charge in [-0.25, -0.2) is 9.78 Å². The molecule has 0 aliphatic carbocycles. The monoisotopic (exact) mass is 425 g/mol. The zero-order valence-corrected chi connectivity index (χ0v) is 17.7. The van der Waals surface area contributed by atoms with Crippen LogP contribution in [0.1, 0.15) is 40.0 Å². The van der Waals surface area contributed by atoms with Gasteiger partial charge in [-0.15, -0.1) is 11.3 Å². The largest absolute Gasteiger partial charge is 0.444 e. The van der Waals surface area contributed by atoms with E-state index in [1.165, 1.54) is 23.5 Å². The highest BCUT2D eigenvalue weighted by atomic mass is 32.2. The number of amides is 1. The van der Waals surface area contributed by atoms with E-state index in [0.717, 1.165) is 24.0 Å². The van der Waals surface area contributed by atoms with Gasteiger partial charge in [0.2, 0.25) is 0 Å². The van der Waals surface area contributed by atoms with E-state index in [-0.39, 0.29) is 23.6 Å². The quantitative estimate of drug-likeness (QED) is 0.540. The van der Waals surface area contributed by atoms with Crippen molar-refractivity contribution < 1.29 is 18.7 Å². The molecule has 3 rings (SSSR count). The van der Waals surface area contributed by atoms with Gasteiger partial charge in [-0.3, -0.25) is 14.3 Å². The molecule has 10 heteroatoms. The Kier molecular flexibility index (Phi) is 5.99. The maximum atomic E-state index is 12.9. The van der Waals surface area contributed by atoms with Crippen molar-refractivity contribution in [3.05, 3.63) is 28.3 Å². The number of nitro benzene ring substituents is 1. The van der Waals surface area contributed by atoms with Crippen LogP contribution >= 0.6 is 11.3 Å². The summed E-state index contributed by atoms with van der Waals surface area (Å²) in [5, 5.41) is 10.9. The molecule has 0 radical (unpaired) electrons. The number of ether oxygens (including phenoxy) is 1. The number of hydrogen-bond acceptors (Lipinski definition) is 7. The smallest absolute Gasteiger partial charge is 0.410 e. The zero-order chi connectivity index (χ0) is 20.5. The number of carbonyl (C=O) groups excluding carboxylic acids is 1. The Bertz CT molecular complexity index is 922. The molecule has 1 aromatic heterocycles. The molecular formula is C18H23N3O5S2. The molecular weight excluding hydrogens is 402 g/mol. The van der Waals surface area contributed by atoms with Crippen LogP contribution in [0.4, 0.5) is 10.5 Å². The van der Waals surface area contributed by atoms with Crippen LogP contribution < -0.4 is 0 Å². The Morgan fingerprint density at radius 3 is 2.86 bits per heavy atom. The summed E-state index contributed by atoms with van der Waals surface area (Å²) in [7, 11) is -1.40. The number of carbonyl (C=O) groups is 1. The van der Waals surface area contributed by atoms with Crippen molar-refractivity contribution in [3.63, 3.8) is 0 Å². The first kappa shape index (κ1) is 20.7. The minimum atomic E-state index is -1.40. The van der Waals surface area contributed by atoms with Crippen LogP contribution in [0.2, 0.25) is 0 Å². The lowest BCUT2D eigenvalue weighted by molar-refractivity contribution is -0.384. The molecule has 2 atom stereocenters. The van der Waals surface area contributed by atoms with Crippen molar-refractivity contribution in [1.82, 2.24) is 9.88 Å². The second-order valence-electron chi connectivity index (χ2n) is 7.72. The molecule has 0 saturated carbocycles. The molecule has 1 aromatic carbocycles. The highest BCUT2D eigenvalue weighted by molar-refractivity contribution is 7.87. The molecule has 1 saturated heterocycles. The van der Waals surface area contributed by atoms with Crippen LogP contribution in [0, 0.1) is 10.1 Å². The number of fused-ring (bicyclic) bond motifs is 1. The minimum absolute atomic E-state index is 0.0430. The maximum Gasteiger partial charge on any atom is 0.410 e. The van der Waals surface area contributed by atoms with E-state index in [9.17, 15) is 19.1 Å². The fourth-order valence-corrected chi connectivity index (χ4v) is 5.65. The van der Waals surface area contributed by atoms with E-state index in [1.807, 2.05) is 20.8 Å². The Morgan fingerprint density at radius 1 is 1.43 bits per heavy atom. The molecule has 0 bridgehead atoms. The van der Waals surface area contributed by atoms with Crippen molar-refractivity contribution >= 4 is 44.1 Å². The first-order valence-electron chi connectivity index (χ1n) is 9.07. The van der Waals surface area contributed by atoms with Gasteiger partial charge in [-0.1, -0.05) is 0 Å². The molecule has 2 heterocycles. The fourth-order valence-electron chi connectivity index (χ4n) is 3.09.